The maximum Gasteiger partial charge on any atom is 0.124 e. The van der Waals surface area contributed by atoms with Gasteiger partial charge in [-0.05, 0) is 42.3 Å². The molecule has 7 heteroatoms. The van der Waals surface area contributed by atoms with E-state index in [1.807, 2.05) is 31.2 Å². The highest BCUT2D eigenvalue weighted by Crippen LogP contribution is 2.23. The molecule has 0 aliphatic carbocycles. The lowest BCUT2D eigenvalue weighted by Crippen LogP contribution is -2.10. The molecule has 0 aromatic heterocycles. The first kappa shape index (κ1) is 19.4. The predicted octanol–water partition coefficient (Wildman–Crippen LogP) is 2.69. The average Bonchev–Trinajstić information content (AvgIpc) is 2.61. The van der Waals surface area contributed by atoms with Gasteiger partial charge in [0.05, 0.1) is 24.7 Å². The summed E-state index contributed by atoms with van der Waals surface area (Å²) in [7, 11) is -4.42. The second-order valence-corrected chi connectivity index (χ2v) is 6.54. The van der Waals surface area contributed by atoms with Gasteiger partial charge < -0.3 is 18.8 Å². The summed E-state index contributed by atoms with van der Waals surface area (Å²) in [5, 5.41) is 0. The van der Waals surface area contributed by atoms with E-state index in [2.05, 4.69) is 0 Å². The van der Waals surface area contributed by atoms with Crippen LogP contribution in [-0.4, -0.2) is 46.0 Å². The molecule has 25 heavy (non-hydrogen) atoms. The zero-order valence-corrected chi connectivity index (χ0v) is 14.8. The molecule has 2 aromatic carbocycles. The van der Waals surface area contributed by atoms with Gasteiger partial charge in [-0.25, -0.2) is 8.42 Å². The zero-order valence-electron chi connectivity index (χ0n) is 14.0. The monoisotopic (exact) mass is 365 g/mol. The Hall–Kier alpha value is -1.93. The fourth-order valence-corrected chi connectivity index (χ4v) is 2.61. The first-order valence-electron chi connectivity index (χ1n) is 7.95. The van der Waals surface area contributed by atoms with E-state index in [1.165, 1.54) is 12.1 Å². The summed E-state index contributed by atoms with van der Waals surface area (Å²) in [6.07, 6.45) is 0. The van der Waals surface area contributed by atoms with Crippen molar-refractivity contribution in [3.05, 3.63) is 48.5 Å². The lowest BCUT2D eigenvalue weighted by molar-refractivity contribution is 0.0405. The Labute approximate surface area is 148 Å². The maximum absolute atomic E-state index is 10.9. The van der Waals surface area contributed by atoms with Crippen LogP contribution in [0, 0.1) is 0 Å². The minimum atomic E-state index is -4.42. The standard InChI is InChI=1S/C18H22O6S/c1-2-22-11-12-23-13-14-24-17-7-3-15(4-8-17)16-5-9-18(10-6-16)25(19,20)21/h3-10H,2,11-14H2,1H3,(H,19,20,21)/p-1. The molecule has 0 fully saturated rings. The Balaban J connectivity index is 1.83. The van der Waals surface area contributed by atoms with Gasteiger partial charge in [-0.15, -0.1) is 0 Å². The largest absolute Gasteiger partial charge is 0.744 e. The van der Waals surface area contributed by atoms with Gasteiger partial charge in [-0.2, -0.15) is 0 Å². The lowest BCUT2D eigenvalue weighted by Gasteiger charge is -2.10. The second-order valence-electron chi connectivity index (χ2n) is 5.16. The lowest BCUT2D eigenvalue weighted by atomic mass is 10.1. The van der Waals surface area contributed by atoms with E-state index in [4.69, 9.17) is 14.2 Å². The van der Waals surface area contributed by atoms with Crippen molar-refractivity contribution in [1.82, 2.24) is 0 Å². The maximum atomic E-state index is 10.9. The quantitative estimate of drug-likeness (QED) is 0.475. The molecule has 0 amide bonds. The summed E-state index contributed by atoms with van der Waals surface area (Å²) in [6, 6.07) is 13.2. The highest BCUT2D eigenvalue weighted by atomic mass is 32.2. The third kappa shape index (κ3) is 6.47. The van der Waals surface area contributed by atoms with E-state index in [0.29, 0.717) is 33.0 Å². The van der Waals surface area contributed by atoms with Gasteiger partial charge in [0, 0.05) is 6.61 Å². The summed E-state index contributed by atoms with van der Waals surface area (Å²) in [6.45, 7) is 4.68. The SMILES string of the molecule is CCOCCOCCOc1ccc(-c2ccc(S(=O)(=O)[O-])cc2)cc1. The molecule has 0 atom stereocenters. The second kappa shape index (κ2) is 9.53. The van der Waals surface area contributed by atoms with Crippen molar-refractivity contribution in [2.24, 2.45) is 0 Å². The molecule has 0 aliphatic heterocycles. The van der Waals surface area contributed by atoms with Crippen molar-refractivity contribution < 1.29 is 27.2 Å². The van der Waals surface area contributed by atoms with Crippen molar-refractivity contribution in [1.29, 1.82) is 0 Å². The van der Waals surface area contributed by atoms with Gasteiger partial charge in [0.25, 0.3) is 0 Å². The van der Waals surface area contributed by atoms with Gasteiger partial charge in [0.1, 0.15) is 22.5 Å². The molecule has 6 nitrogen and oxygen atoms in total. The molecule has 0 aliphatic rings. The van der Waals surface area contributed by atoms with Crippen LogP contribution in [0.4, 0.5) is 0 Å². The van der Waals surface area contributed by atoms with Gasteiger partial charge >= 0.3 is 0 Å². The molecule has 0 spiro atoms. The summed E-state index contributed by atoms with van der Waals surface area (Å²) >= 11 is 0. The smallest absolute Gasteiger partial charge is 0.124 e. The van der Waals surface area contributed by atoms with Crippen LogP contribution in [0.2, 0.25) is 0 Å². The summed E-state index contributed by atoms with van der Waals surface area (Å²) in [5.41, 5.74) is 1.72. The molecule has 2 aromatic rings. The number of benzene rings is 2. The van der Waals surface area contributed by atoms with Crippen LogP contribution in [0.1, 0.15) is 6.92 Å². The third-order valence-electron chi connectivity index (χ3n) is 3.40. The van der Waals surface area contributed by atoms with Crippen molar-refractivity contribution >= 4 is 10.1 Å². The van der Waals surface area contributed by atoms with Crippen LogP contribution in [0.3, 0.4) is 0 Å². The van der Waals surface area contributed by atoms with Crippen LogP contribution >= 0.6 is 0 Å². The number of hydrogen-bond acceptors (Lipinski definition) is 6. The van der Waals surface area contributed by atoms with Crippen LogP contribution in [-0.2, 0) is 19.6 Å². The summed E-state index contributed by atoms with van der Waals surface area (Å²) in [4.78, 5) is -0.236. The molecular weight excluding hydrogens is 344 g/mol. The highest BCUT2D eigenvalue weighted by molar-refractivity contribution is 7.85. The van der Waals surface area contributed by atoms with Crippen LogP contribution < -0.4 is 4.74 Å². The topological polar surface area (TPSA) is 84.9 Å². The predicted molar refractivity (Wildman–Crippen MR) is 92.6 cm³/mol. The summed E-state index contributed by atoms with van der Waals surface area (Å²) in [5.74, 6) is 0.718. The molecule has 0 radical (unpaired) electrons. The molecule has 0 N–H and O–H groups in total. The molecule has 0 bridgehead atoms. The van der Waals surface area contributed by atoms with E-state index < -0.39 is 10.1 Å². The molecule has 0 heterocycles. The Kier molecular flexibility index (Phi) is 7.39. The average molecular weight is 365 g/mol. The molecular formula is C18H21O6S-. The van der Waals surface area contributed by atoms with E-state index in [0.717, 1.165) is 16.9 Å². The Morgan fingerprint density at radius 3 is 1.88 bits per heavy atom. The molecule has 0 saturated carbocycles. The van der Waals surface area contributed by atoms with Gasteiger partial charge in [-0.3, -0.25) is 0 Å². The van der Waals surface area contributed by atoms with Crippen molar-refractivity contribution in [2.75, 3.05) is 33.0 Å². The van der Waals surface area contributed by atoms with Crippen LogP contribution in [0.5, 0.6) is 5.75 Å². The van der Waals surface area contributed by atoms with E-state index in [-0.39, 0.29) is 4.90 Å². The van der Waals surface area contributed by atoms with E-state index in [1.54, 1.807) is 12.1 Å². The Bertz CT molecular complexity index is 738. The Morgan fingerprint density at radius 1 is 0.800 bits per heavy atom. The number of rotatable bonds is 10. The van der Waals surface area contributed by atoms with Gasteiger partial charge in [0.15, 0.2) is 0 Å². The third-order valence-corrected chi connectivity index (χ3v) is 4.25. The van der Waals surface area contributed by atoms with Crippen LogP contribution in [0.25, 0.3) is 11.1 Å². The van der Waals surface area contributed by atoms with E-state index in [9.17, 15) is 13.0 Å². The highest BCUT2D eigenvalue weighted by Gasteiger charge is 2.03. The van der Waals surface area contributed by atoms with Crippen molar-refractivity contribution in [2.45, 2.75) is 11.8 Å². The fraction of sp³-hybridized carbons (Fsp3) is 0.333. The van der Waals surface area contributed by atoms with Gasteiger partial charge in [0.2, 0.25) is 0 Å². The number of ether oxygens (including phenoxy) is 3. The number of hydrogen-bond donors (Lipinski definition) is 0. The van der Waals surface area contributed by atoms with Crippen LogP contribution in [0.15, 0.2) is 53.4 Å². The first-order chi connectivity index (χ1) is 12.0. The fourth-order valence-electron chi connectivity index (χ4n) is 2.14. The van der Waals surface area contributed by atoms with Gasteiger partial charge in [-0.1, -0.05) is 24.3 Å². The Morgan fingerprint density at radius 2 is 1.32 bits per heavy atom. The minimum absolute atomic E-state index is 0.236. The molecule has 136 valence electrons. The van der Waals surface area contributed by atoms with Crippen molar-refractivity contribution in [3.63, 3.8) is 0 Å². The first-order valence-corrected chi connectivity index (χ1v) is 9.36. The molecule has 0 saturated heterocycles. The zero-order chi connectivity index (χ0) is 18.1. The molecule has 2 rings (SSSR count). The summed E-state index contributed by atoms with van der Waals surface area (Å²) < 4.78 is 48.9. The van der Waals surface area contributed by atoms with E-state index >= 15 is 0 Å². The normalized spacial score (nSPS) is 11.4. The molecule has 0 unspecified atom stereocenters. The van der Waals surface area contributed by atoms with Crippen molar-refractivity contribution in [3.8, 4) is 16.9 Å². The minimum Gasteiger partial charge on any atom is -0.744 e.